The molecular formula is C12H19BrF3N. The van der Waals surface area contributed by atoms with Crippen LogP contribution in [0.5, 0.6) is 0 Å². The molecule has 0 amide bonds. The van der Waals surface area contributed by atoms with E-state index >= 15 is 0 Å². The van der Waals surface area contributed by atoms with Gasteiger partial charge in [0.15, 0.2) is 0 Å². The van der Waals surface area contributed by atoms with Gasteiger partial charge in [-0.25, -0.2) is 0 Å². The van der Waals surface area contributed by atoms with E-state index in [1.54, 1.807) is 0 Å². The van der Waals surface area contributed by atoms with Crippen molar-refractivity contribution < 1.29 is 13.2 Å². The minimum absolute atomic E-state index is 0.280. The number of rotatable bonds is 3. The summed E-state index contributed by atoms with van der Waals surface area (Å²) in [5.74, 6) is -1.07. The highest BCUT2D eigenvalue weighted by atomic mass is 79.9. The van der Waals surface area contributed by atoms with Crippen LogP contribution in [-0.2, 0) is 0 Å². The van der Waals surface area contributed by atoms with Crippen LogP contribution in [0.25, 0.3) is 0 Å². The Hall–Kier alpha value is 0.230. The zero-order valence-corrected chi connectivity index (χ0v) is 11.5. The smallest absolute Gasteiger partial charge is 0.303 e. The summed E-state index contributed by atoms with van der Waals surface area (Å²) in [5.41, 5.74) is 0.352. The van der Waals surface area contributed by atoms with E-state index in [9.17, 15) is 13.2 Å². The van der Waals surface area contributed by atoms with Crippen molar-refractivity contribution in [3.05, 3.63) is 0 Å². The van der Waals surface area contributed by atoms with Crippen LogP contribution >= 0.6 is 15.9 Å². The first kappa shape index (κ1) is 13.7. The van der Waals surface area contributed by atoms with Crippen molar-refractivity contribution in [3.8, 4) is 0 Å². The van der Waals surface area contributed by atoms with Gasteiger partial charge in [-0.05, 0) is 44.2 Å². The molecule has 2 rings (SSSR count). The van der Waals surface area contributed by atoms with Crippen molar-refractivity contribution in [2.45, 2.75) is 38.3 Å². The number of piperidine rings is 1. The normalized spacial score (nSPS) is 26.8. The molecule has 0 N–H and O–H groups in total. The number of hydrogen-bond donors (Lipinski definition) is 0. The molecule has 1 heterocycles. The van der Waals surface area contributed by atoms with Crippen LogP contribution in [0.4, 0.5) is 13.2 Å². The van der Waals surface area contributed by atoms with Crippen LogP contribution in [0.2, 0.25) is 0 Å². The van der Waals surface area contributed by atoms with Crippen molar-refractivity contribution in [1.82, 2.24) is 4.90 Å². The molecule has 2 aliphatic rings. The average Bonchev–Trinajstić information content (AvgIpc) is 2.23. The lowest BCUT2D eigenvalue weighted by molar-refractivity contribution is -0.185. The third-order valence-corrected chi connectivity index (χ3v) is 5.50. The second-order valence-electron chi connectivity index (χ2n) is 5.58. The first-order valence-electron chi connectivity index (χ1n) is 6.30. The molecule has 17 heavy (non-hydrogen) atoms. The zero-order valence-electron chi connectivity index (χ0n) is 9.90. The third-order valence-electron chi connectivity index (χ3n) is 4.31. The Balaban J connectivity index is 1.79. The number of likely N-dealkylation sites (tertiary alicyclic amines) is 1. The summed E-state index contributed by atoms with van der Waals surface area (Å²) in [6, 6.07) is 0. The van der Waals surface area contributed by atoms with Crippen LogP contribution in [0.3, 0.4) is 0 Å². The number of alkyl halides is 4. The van der Waals surface area contributed by atoms with Gasteiger partial charge in [-0.15, -0.1) is 0 Å². The molecule has 0 radical (unpaired) electrons. The topological polar surface area (TPSA) is 3.24 Å². The molecular weight excluding hydrogens is 295 g/mol. The SMILES string of the molecule is FC(F)(F)C1CCN(CC2(CBr)CCC2)CC1. The second-order valence-corrected chi connectivity index (χ2v) is 6.14. The summed E-state index contributed by atoms with van der Waals surface area (Å²) >= 11 is 3.55. The van der Waals surface area contributed by atoms with Gasteiger partial charge in [0.05, 0.1) is 5.92 Å². The Morgan fingerprint density at radius 3 is 2.12 bits per heavy atom. The Kier molecular flexibility index (Phi) is 4.08. The summed E-state index contributed by atoms with van der Waals surface area (Å²) in [5, 5.41) is 0.985. The Morgan fingerprint density at radius 1 is 1.18 bits per heavy atom. The van der Waals surface area contributed by atoms with Crippen LogP contribution in [0.1, 0.15) is 32.1 Å². The fraction of sp³-hybridized carbons (Fsp3) is 1.00. The van der Waals surface area contributed by atoms with Crippen molar-refractivity contribution >= 4 is 15.9 Å². The van der Waals surface area contributed by atoms with Crippen LogP contribution in [0.15, 0.2) is 0 Å². The van der Waals surface area contributed by atoms with E-state index in [1.807, 2.05) is 0 Å². The monoisotopic (exact) mass is 313 g/mol. The van der Waals surface area contributed by atoms with Crippen LogP contribution in [-0.4, -0.2) is 36.0 Å². The standard InChI is InChI=1S/C12H19BrF3N/c13-8-11(4-1-5-11)9-17-6-2-10(3-7-17)12(14,15)16/h10H,1-9H2. The average molecular weight is 314 g/mol. The van der Waals surface area contributed by atoms with Gasteiger partial charge in [0.1, 0.15) is 0 Å². The van der Waals surface area contributed by atoms with E-state index < -0.39 is 12.1 Å². The second kappa shape index (κ2) is 5.08. The molecule has 2 fully saturated rings. The van der Waals surface area contributed by atoms with Gasteiger partial charge in [-0.3, -0.25) is 0 Å². The maximum absolute atomic E-state index is 12.5. The largest absolute Gasteiger partial charge is 0.391 e. The Morgan fingerprint density at radius 2 is 1.76 bits per heavy atom. The first-order valence-corrected chi connectivity index (χ1v) is 7.42. The van der Waals surface area contributed by atoms with Crippen molar-refractivity contribution in [1.29, 1.82) is 0 Å². The van der Waals surface area contributed by atoms with E-state index in [0.29, 0.717) is 18.5 Å². The molecule has 0 aromatic carbocycles. The molecule has 1 saturated heterocycles. The number of halogens is 4. The van der Waals surface area contributed by atoms with Gasteiger partial charge >= 0.3 is 6.18 Å². The third kappa shape index (κ3) is 3.16. The summed E-state index contributed by atoms with van der Waals surface area (Å²) in [4.78, 5) is 2.22. The van der Waals surface area contributed by atoms with Gasteiger partial charge in [-0.1, -0.05) is 22.4 Å². The number of hydrogen-bond acceptors (Lipinski definition) is 1. The molecule has 0 unspecified atom stereocenters. The van der Waals surface area contributed by atoms with Gasteiger partial charge in [0.2, 0.25) is 0 Å². The van der Waals surface area contributed by atoms with Crippen molar-refractivity contribution in [2.75, 3.05) is 25.0 Å². The van der Waals surface area contributed by atoms with Crippen LogP contribution < -0.4 is 0 Å². The molecule has 1 aliphatic heterocycles. The first-order chi connectivity index (χ1) is 7.95. The predicted molar refractivity (Wildman–Crippen MR) is 65.3 cm³/mol. The van der Waals surface area contributed by atoms with Gasteiger partial charge < -0.3 is 4.90 Å². The lowest BCUT2D eigenvalue weighted by atomic mass is 9.70. The van der Waals surface area contributed by atoms with Crippen LogP contribution in [0, 0.1) is 11.3 Å². The van der Waals surface area contributed by atoms with E-state index in [1.165, 1.54) is 19.3 Å². The lowest BCUT2D eigenvalue weighted by Crippen LogP contribution is -2.47. The molecule has 5 heteroatoms. The highest BCUT2D eigenvalue weighted by Crippen LogP contribution is 2.44. The summed E-state index contributed by atoms with van der Waals surface area (Å²) < 4.78 is 37.6. The molecule has 1 saturated carbocycles. The molecule has 1 nitrogen and oxygen atoms in total. The molecule has 0 spiro atoms. The molecule has 100 valence electrons. The molecule has 0 atom stereocenters. The highest BCUT2D eigenvalue weighted by molar-refractivity contribution is 9.09. The maximum Gasteiger partial charge on any atom is 0.391 e. The van der Waals surface area contributed by atoms with Crippen molar-refractivity contribution in [2.24, 2.45) is 11.3 Å². The maximum atomic E-state index is 12.5. The summed E-state index contributed by atoms with van der Waals surface area (Å²) in [6.07, 6.45) is 0.277. The van der Waals surface area contributed by atoms with Gasteiger partial charge in [0.25, 0.3) is 0 Å². The fourth-order valence-electron chi connectivity index (χ4n) is 2.90. The Bertz CT molecular complexity index is 249. The zero-order chi connectivity index (χ0) is 12.5. The van der Waals surface area contributed by atoms with E-state index in [4.69, 9.17) is 0 Å². The minimum Gasteiger partial charge on any atom is -0.303 e. The highest BCUT2D eigenvalue weighted by Gasteiger charge is 2.43. The summed E-state index contributed by atoms with van der Waals surface area (Å²) in [6.45, 7) is 2.20. The predicted octanol–water partition coefficient (Wildman–Crippen LogP) is 3.83. The molecule has 0 bridgehead atoms. The van der Waals surface area contributed by atoms with Gasteiger partial charge in [-0.2, -0.15) is 13.2 Å². The Labute approximate surface area is 109 Å². The number of nitrogens with zero attached hydrogens (tertiary/aromatic N) is 1. The molecule has 1 aliphatic carbocycles. The lowest BCUT2D eigenvalue weighted by Gasteiger charge is -2.45. The van der Waals surface area contributed by atoms with Gasteiger partial charge in [0, 0.05) is 11.9 Å². The minimum atomic E-state index is -3.99. The van der Waals surface area contributed by atoms with E-state index in [2.05, 4.69) is 20.8 Å². The van der Waals surface area contributed by atoms with E-state index in [0.717, 1.165) is 11.9 Å². The van der Waals surface area contributed by atoms with E-state index in [-0.39, 0.29) is 12.8 Å². The summed E-state index contributed by atoms with van der Waals surface area (Å²) in [7, 11) is 0. The quantitative estimate of drug-likeness (QED) is 0.716. The van der Waals surface area contributed by atoms with Crippen molar-refractivity contribution in [3.63, 3.8) is 0 Å². The molecule has 0 aromatic heterocycles. The molecule has 0 aromatic rings. The fourth-order valence-corrected chi connectivity index (χ4v) is 3.64.